The Labute approximate surface area is 155 Å². The second-order valence-corrected chi connectivity index (χ2v) is 5.78. The molecule has 136 valence electrons. The highest BCUT2D eigenvalue weighted by molar-refractivity contribution is 5.85. The normalized spacial score (nSPS) is 15.7. The zero-order chi connectivity index (χ0) is 16.9. The number of hydrogen-bond donors (Lipinski definition) is 1. The van der Waals surface area contributed by atoms with Gasteiger partial charge in [0.25, 0.3) is 0 Å². The number of halogens is 1. The van der Waals surface area contributed by atoms with Crippen molar-refractivity contribution >= 4 is 12.4 Å². The minimum absolute atomic E-state index is 0. The number of methoxy groups -OCH3 is 1. The lowest BCUT2D eigenvalue weighted by atomic mass is 9.89. The van der Waals surface area contributed by atoms with Crippen LogP contribution in [0, 0.1) is 0 Å². The summed E-state index contributed by atoms with van der Waals surface area (Å²) in [6, 6.07) is 12.6. The van der Waals surface area contributed by atoms with Crippen molar-refractivity contribution in [3.63, 3.8) is 0 Å². The van der Waals surface area contributed by atoms with Gasteiger partial charge in [-0.25, -0.2) is 0 Å². The van der Waals surface area contributed by atoms with Crippen molar-refractivity contribution in [3.05, 3.63) is 53.1 Å². The first-order chi connectivity index (χ1) is 11.8. The Balaban J connectivity index is 0.00000225. The molecular weight excluding hydrogens is 338 g/mol. The molecule has 0 aromatic heterocycles. The van der Waals surface area contributed by atoms with Crippen LogP contribution in [0.3, 0.4) is 0 Å². The number of benzene rings is 2. The Bertz CT molecular complexity index is 705. The first-order valence-electron chi connectivity index (χ1n) is 8.56. The van der Waals surface area contributed by atoms with Crippen molar-refractivity contribution in [2.24, 2.45) is 0 Å². The first-order valence-corrected chi connectivity index (χ1v) is 8.56. The molecule has 3 rings (SSSR count). The van der Waals surface area contributed by atoms with Crippen molar-refractivity contribution in [3.8, 4) is 17.2 Å². The Morgan fingerprint density at radius 2 is 1.76 bits per heavy atom. The quantitative estimate of drug-likeness (QED) is 0.836. The number of nitrogens with one attached hydrogen (secondary N) is 1. The molecule has 0 saturated carbocycles. The topological polar surface area (TPSA) is 39.7 Å². The number of hydrogen-bond acceptors (Lipinski definition) is 4. The maximum absolute atomic E-state index is 5.81. The Kier molecular flexibility index (Phi) is 6.97. The molecule has 0 aliphatic carbocycles. The summed E-state index contributed by atoms with van der Waals surface area (Å²) in [5, 5.41) is 3.61. The smallest absolute Gasteiger partial charge is 0.161 e. The molecule has 2 aromatic carbocycles. The van der Waals surface area contributed by atoms with Crippen molar-refractivity contribution in [2.45, 2.75) is 26.3 Å². The monoisotopic (exact) mass is 363 g/mol. The summed E-state index contributed by atoms with van der Waals surface area (Å²) in [7, 11) is 1.70. The summed E-state index contributed by atoms with van der Waals surface area (Å²) in [5.74, 6) is 2.52. The van der Waals surface area contributed by atoms with Gasteiger partial charge in [0.2, 0.25) is 0 Å². The maximum atomic E-state index is 5.81. The van der Waals surface area contributed by atoms with Gasteiger partial charge in [0.15, 0.2) is 11.5 Å². The highest BCUT2D eigenvalue weighted by atomic mass is 35.5. The molecule has 1 aliphatic rings. The predicted octanol–water partition coefficient (Wildman–Crippen LogP) is 4.15. The fourth-order valence-electron chi connectivity index (χ4n) is 3.22. The van der Waals surface area contributed by atoms with E-state index in [9.17, 15) is 0 Å². The standard InChI is InChI=1S/C20H25NO3.ClH/c1-4-23-18-12-14-9-10-21-20(17(14)13-19(18)24-5-2)15-7-6-8-16(11-15)22-3;/h6-8,11-13,20-21H,4-5,9-10H2,1-3H3;1H. The van der Waals surface area contributed by atoms with E-state index >= 15 is 0 Å². The van der Waals surface area contributed by atoms with Crippen LogP contribution < -0.4 is 19.5 Å². The SMILES string of the molecule is CCOc1cc2c(cc1OCC)C(c1cccc(OC)c1)NCC2.Cl. The molecule has 0 saturated heterocycles. The van der Waals surface area contributed by atoms with E-state index in [4.69, 9.17) is 14.2 Å². The highest BCUT2D eigenvalue weighted by Gasteiger charge is 2.24. The first kappa shape index (κ1) is 19.4. The van der Waals surface area contributed by atoms with Crippen LogP contribution in [0.15, 0.2) is 36.4 Å². The molecule has 5 heteroatoms. The average Bonchev–Trinajstić information content (AvgIpc) is 2.62. The van der Waals surface area contributed by atoms with E-state index in [1.165, 1.54) is 16.7 Å². The molecule has 1 unspecified atom stereocenters. The van der Waals surface area contributed by atoms with E-state index in [0.29, 0.717) is 13.2 Å². The summed E-state index contributed by atoms with van der Waals surface area (Å²) < 4.78 is 16.9. The molecule has 4 nitrogen and oxygen atoms in total. The van der Waals surface area contributed by atoms with Crippen molar-refractivity contribution in [2.75, 3.05) is 26.9 Å². The fraction of sp³-hybridized carbons (Fsp3) is 0.400. The Morgan fingerprint density at radius 3 is 2.44 bits per heavy atom. The highest BCUT2D eigenvalue weighted by Crippen LogP contribution is 2.38. The lowest BCUT2D eigenvalue weighted by Gasteiger charge is -2.29. The van der Waals surface area contributed by atoms with E-state index in [-0.39, 0.29) is 18.4 Å². The molecule has 2 aromatic rings. The van der Waals surface area contributed by atoms with Gasteiger partial charge in [-0.3, -0.25) is 0 Å². The molecule has 25 heavy (non-hydrogen) atoms. The zero-order valence-corrected chi connectivity index (χ0v) is 15.8. The fourth-order valence-corrected chi connectivity index (χ4v) is 3.22. The van der Waals surface area contributed by atoms with Crippen molar-refractivity contribution in [1.29, 1.82) is 0 Å². The molecule has 1 N–H and O–H groups in total. The van der Waals surface area contributed by atoms with Gasteiger partial charge < -0.3 is 19.5 Å². The Hall–Kier alpha value is -1.91. The largest absolute Gasteiger partial charge is 0.497 e. The van der Waals surface area contributed by atoms with Gasteiger partial charge in [0.05, 0.1) is 26.4 Å². The van der Waals surface area contributed by atoms with Crippen molar-refractivity contribution in [1.82, 2.24) is 5.32 Å². The molecule has 0 bridgehead atoms. The van der Waals surface area contributed by atoms with Crippen LogP contribution in [0.25, 0.3) is 0 Å². The van der Waals surface area contributed by atoms with Gasteiger partial charge in [-0.05, 0) is 61.2 Å². The maximum Gasteiger partial charge on any atom is 0.161 e. The van der Waals surface area contributed by atoms with E-state index < -0.39 is 0 Å². The van der Waals surface area contributed by atoms with Crippen LogP contribution in [0.5, 0.6) is 17.2 Å². The van der Waals surface area contributed by atoms with Crippen LogP contribution in [0.2, 0.25) is 0 Å². The van der Waals surface area contributed by atoms with Crippen LogP contribution in [0.1, 0.15) is 36.6 Å². The van der Waals surface area contributed by atoms with Gasteiger partial charge in [-0.15, -0.1) is 12.4 Å². The summed E-state index contributed by atoms with van der Waals surface area (Å²) in [6.07, 6.45) is 0.988. The van der Waals surface area contributed by atoms with Gasteiger partial charge in [-0.1, -0.05) is 12.1 Å². The molecule has 1 atom stereocenters. The van der Waals surface area contributed by atoms with Crippen molar-refractivity contribution < 1.29 is 14.2 Å². The second kappa shape index (κ2) is 8.97. The minimum atomic E-state index is 0. The molecule has 0 fully saturated rings. The summed E-state index contributed by atoms with van der Waals surface area (Å²) >= 11 is 0. The van der Waals surface area contributed by atoms with E-state index in [1.807, 2.05) is 26.0 Å². The summed E-state index contributed by atoms with van der Waals surface area (Å²) in [4.78, 5) is 0. The zero-order valence-electron chi connectivity index (χ0n) is 15.0. The third kappa shape index (κ3) is 4.20. The Morgan fingerprint density at radius 1 is 1.04 bits per heavy atom. The summed E-state index contributed by atoms with van der Waals surface area (Å²) in [6.45, 7) is 6.18. The van der Waals surface area contributed by atoms with E-state index in [1.54, 1.807) is 7.11 Å². The number of fused-ring (bicyclic) bond motifs is 1. The average molecular weight is 364 g/mol. The van der Waals surface area contributed by atoms with Gasteiger partial charge in [-0.2, -0.15) is 0 Å². The molecule has 1 heterocycles. The molecule has 0 radical (unpaired) electrons. The van der Waals surface area contributed by atoms with E-state index in [2.05, 4.69) is 29.6 Å². The van der Waals surface area contributed by atoms with Crippen LogP contribution >= 0.6 is 12.4 Å². The molecule has 0 spiro atoms. The van der Waals surface area contributed by atoms with E-state index in [0.717, 1.165) is 30.2 Å². The minimum Gasteiger partial charge on any atom is -0.497 e. The molecule has 0 amide bonds. The number of ether oxygens (including phenoxy) is 3. The number of rotatable bonds is 6. The lowest BCUT2D eigenvalue weighted by Crippen LogP contribution is -2.30. The third-order valence-corrected chi connectivity index (χ3v) is 4.29. The third-order valence-electron chi connectivity index (χ3n) is 4.29. The molecular formula is C20H26ClNO3. The predicted molar refractivity (Wildman–Crippen MR) is 103 cm³/mol. The molecule has 1 aliphatic heterocycles. The van der Waals surface area contributed by atoms with Crippen LogP contribution in [-0.2, 0) is 6.42 Å². The lowest BCUT2D eigenvalue weighted by molar-refractivity contribution is 0.286. The van der Waals surface area contributed by atoms with Crippen LogP contribution in [0.4, 0.5) is 0 Å². The van der Waals surface area contributed by atoms with Crippen LogP contribution in [-0.4, -0.2) is 26.9 Å². The van der Waals surface area contributed by atoms with Gasteiger partial charge >= 0.3 is 0 Å². The van der Waals surface area contributed by atoms with Gasteiger partial charge in [0.1, 0.15) is 5.75 Å². The second-order valence-electron chi connectivity index (χ2n) is 5.78. The summed E-state index contributed by atoms with van der Waals surface area (Å²) in [5.41, 5.74) is 3.76. The van der Waals surface area contributed by atoms with Gasteiger partial charge in [0, 0.05) is 6.54 Å².